The van der Waals surface area contributed by atoms with Gasteiger partial charge < -0.3 is 5.32 Å². The summed E-state index contributed by atoms with van der Waals surface area (Å²) in [4.78, 5) is 0. The lowest BCUT2D eigenvalue weighted by atomic mass is 10.1. The Morgan fingerprint density at radius 1 is 1.18 bits per heavy atom. The van der Waals surface area contributed by atoms with Gasteiger partial charge in [-0.3, -0.25) is 0 Å². The Kier molecular flexibility index (Phi) is 3.23. The Bertz CT molecular complexity index is 468. The molecule has 1 fully saturated rings. The number of halogens is 3. The van der Waals surface area contributed by atoms with Gasteiger partial charge in [0, 0.05) is 6.04 Å². The monoisotopic (exact) mass is 240 g/mol. The van der Waals surface area contributed by atoms with Crippen LogP contribution in [0.1, 0.15) is 19.3 Å². The maximum absolute atomic E-state index is 13.4. The van der Waals surface area contributed by atoms with Gasteiger partial charge in [0.25, 0.3) is 0 Å². The minimum absolute atomic E-state index is 0.0870. The van der Waals surface area contributed by atoms with Gasteiger partial charge in [-0.05, 0) is 31.4 Å². The summed E-state index contributed by atoms with van der Waals surface area (Å²) in [5.74, 6) is -4.13. The molecule has 0 aromatic heterocycles. The van der Waals surface area contributed by atoms with Crippen LogP contribution in [-0.4, -0.2) is 6.04 Å². The first-order valence-electron chi connectivity index (χ1n) is 5.43. The second-order valence-corrected chi connectivity index (χ2v) is 4.14. The first-order chi connectivity index (χ1) is 8.13. The molecule has 0 heterocycles. The molecule has 1 saturated carbocycles. The molecular formula is C12H11F3N2. The second kappa shape index (κ2) is 4.66. The first kappa shape index (κ1) is 11.8. The molecule has 0 bridgehead atoms. The highest BCUT2D eigenvalue weighted by Crippen LogP contribution is 2.29. The van der Waals surface area contributed by atoms with Gasteiger partial charge in [-0.25, -0.2) is 13.2 Å². The van der Waals surface area contributed by atoms with Crippen LogP contribution in [0.25, 0.3) is 0 Å². The SMILES string of the molecule is N#CC1CCCC1Nc1ccc(F)c(F)c1F. The molecule has 0 saturated heterocycles. The maximum atomic E-state index is 13.4. The van der Waals surface area contributed by atoms with Crippen molar-refractivity contribution in [3.05, 3.63) is 29.6 Å². The normalized spacial score (nSPS) is 23.4. The van der Waals surface area contributed by atoms with Gasteiger partial charge in [-0.1, -0.05) is 0 Å². The van der Waals surface area contributed by atoms with Gasteiger partial charge in [-0.15, -0.1) is 0 Å². The zero-order valence-corrected chi connectivity index (χ0v) is 9.01. The summed E-state index contributed by atoms with van der Waals surface area (Å²) >= 11 is 0. The highest BCUT2D eigenvalue weighted by atomic mass is 19.2. The Labute approximate surface area is 97.1 Å². The lowest BCUT2D eigenvalue weighted by molar-refractivity contribution is 0.447. The van der Waals surface area contributed by atoms with E-state index in [9.17, 15) is 13.2 Å². The van der Waals surface area contributed by atoms with Crippen LogP contribution in [0.4, 0.5) is 18.9 Å². The molecule has 1 aliphatic carbocycles. The smallest absolute Gasteiger partial charge is 0.196 e. The fraction of sp³-hybridized carbons (Fsp3) is 0.417. The van der Waals surface area contributed by atoms with Gasteiger partial charge in [0.15, 0.2) is 17.5 Å². The number of rotatable bonds is 2. The van der Waals surface area contributed by atoms with Gasteiger partial charge in [0.1, 0.15) is 0 Å². The maximum Gasteiger partial charge on any atom is 0.196 e. The van der Waals surface area contributed by atoms with Crippen LogP contribution in [-0.2, 0) is 0 Å². The summed E-state index contributed by atoms with van der Waals surface area (Å²) in [6.45, 7) is 0. The highest BCUT2D eigenvalue weighted by molar-refractivity contribution is 5.46. The molecule has 1 aromatic rings. The number of nitrogens with zero attached hydrogens (tertiary/aromatic N) is 1. The topological polar surface area (TPSA) is 35.8 Å². The Balaban J connectivity index is 2.20. The van der Waals surface area contributed by atoms with E-state index in [0.29, 0.717) is 0 Å². The fourth-order valence-corrected chi connectivity index (χ4v) is 2.12. The quantitative estimate of drug-likeness (QED) is 0.806. The van der Waals surface area contributed by atoms with Crippen molar-refractivity contribution in [2.75, 3.05) is 5.32 Å². The fourth-order valence-electron chi connectivity index (χ4n) is 2.12. The average molecular weight is 240 g/mol. The van der Waals surface area contributed by atoms with Gasteiger partial charge in [-0.2, -0.15) is 5.26 Å². The van der Waals surface area contributed by atoms with Crippen LogP contribution in [0.3, 0.4) is 0 Å². The third-order valence-electron chi connectivity index (χ3n) is 3.06. The van der Waals surface area contributed by atoms with E-state index in [0.717, 1.165) is 31.4 Å². The number of hydrogen-bond acceptors (Lipinski definition) is 2. The standard InChI is InChI=1S/C12H11F3N2/c13-8-4-5-10(12(15)11(8)14)17-9-3-1-2-7(9)6-16/h4-5,7,9,17H,1-3H2. The van der Waals surface area contributed by atoms with E-state index < -0.39 is 17.5 Å². The zero-order chi connectivity index (χ0) is 12.4. The van der Waals surface area contributed by atoms with Gasteiger partial charge in [0.2, 0.25) is 0 Å². The molecule has 0 aliphatic heterocycles. The zero-order valence-electron chi connectivity index (χ0n) is 9.01. The molecule has 2 nitrogen and oxygen atoms in total. The summed E-state index contributed by atoms with van der Waals surface area (Å²) in [6.07, 6.45) is 2.36. The molecule has 90 valence electrons. The molecule has 1 aromatic carbocycles. The van der Waals surface area contributed by atoms with Crippen LogP contribution in [0, 0.1) is 34.7 Å². The van der Waals surface area contributed by atoms with E-state index in [1.54, 1.807) is 0 Å². The predicted octanol–water partition coefficient (Wildman–Crippen LogP) is 3.21. The number of benzene rings is 1. The summed E-state index contributed by atoms with van der Waals surface area (Å²) in [7, 11) is 0. The van der Waals surface area contributed by atoms with Crippen molar-refractivity contribution < 1.29 is 13.2 Å². The lowest BCUT2D eigenvalue weighted by Gasteiger charge is -2.17. The number of nitriles is 1. The average Bonchev–Trinajstić information content (AvgIpc) is 2.77. The molecule has 0 radical (unpaired) electrons. The minimum Gasteiger partial charge on any atom is -0.379 e. The number of nitrogens with one attached hydrogen (secondary N) is 1. The van der Waals surface area contributed by atoms with Crippen molar-refractivity contribution in [2.24, 2.45) is 5.92 Å². The van der Waals surface area contributed by atoms with Crippen LogP contribution in [0.5, 0.6) is 0 Å². The van der Waals surface area contributed by atoms with Crippen molar-refractivity contribution in [2.45, 2.75) is 25.3 Å². The Morgan fingerprint density at radius 3 is 2.65 bits per heavy atom. The summed E-state index contributed by atoms with van der Waals surface area (Å²) in [6, 6.07) is 3.96. The number of anilines is 1. The number of hydrogen-bond donors (Lipinski definition) is 1. The first-order valence-corrected chi connectivity index (χ1v) is 5.43. The lowest BCUT2D eigenvalue weighted by Crippen LogP contribution is -2.23. The minimum atomic E-state index is -1.48. The van der Waals surface area contributed by atoms with Crippen molar-refractivity contribution in [3.8, 4) is 6.07 Å². The van der Waals surface area contributed by atoms with Crippen molar-refractivity contribution in [3.63, 3.8) is 0 Å². The third kappa shape index (κ3) is 2.21. The molecule has 0 spiro atoms. The van der Waals surface area contributed by atoms with Crippen molar-refractivity contribution in [1.82, 2.24) is 0 Å². The molecule has 17 heavy (non-hydrogen) atoms. The van der Waals surface area contributed by atoms with Crippen LogP contribution in [0.2, 0.25) is 0 Å². The van der Waals surface area contributed by atoms with Crippen molar-refractivity contribution >= 4 is 5.69 Å². The van der Waals surface area contributed by atoms with Crippen LogP contribution >= 0.6 is 0 Å². The molecule has 1 N–H and O–H groups in total. The van der Waals surface area contributed by atoms with Gasteiger partial charge >= 0.3 is 0 Å². The van der Waals surface area contributed by atoms with Crippen LogP contribution in [0.15, 0.2) is 12.1 Å². The van der Waals surface area contributed by atoms with E-state index in [4.69, 9.17) is 5.26 Å². The van der Waals surface area contributed by atoms with E-state index in [-0.39, 0.29) is 17.6 Å². The predicted molar refractivity (Wildman–Crippen MR) is 56.7 cm³/mol. The molecule has 1 aliphatic rings. The highest BCUT2D eigenvalue weighted by Gasteiger charge is 2.28. The summed E-state index contributed by atoms with van der Waals surface area (Å²) < 4.78 is 39.1. The van der Waals surface area contributed by atoms with Crippen molar-refractivity contribution in [1.29, 1.82) is 5.26 Å². The van der Waals surface area contributed by atoms with Crippen LogP contribution < -0.4 is 5.32 Å². The largest absolute Gasteiger partial charge is 0.379 e. The summed E-state index contributed by atoms with van der Waals surface area (Å²) in [5, 5.41) is 11.6. The molecule has 0 amide bonds. The molecular weight excluding hydrogens is 229 g/mol. The van der Waals surface area contributed by atoms with E-state index in [2.05, 4.69) is 11.4 Å². The molecule has 2 unspecified atom stereocenters. The molecule has 2 atom stereocenters. The molecule has 5 heteroatoms. The van der Waals surface area contributed by atoms with E-state index in [1.165, 1.54) is 0 Å². The second-order valence-electron chi connectivity index (χ2n) is 4.14. The van der Waals surface area contributed by atoms with E-state index >= 15 is 0 Å². The summed E-state index contributed by atoms with van der Waals surface area (Å²) in [5.41, 5.74) is -0.0870. The molecule has 2 rings (SSSR count). The van der Waals surface area contributed by atoms with Gasteiger partial charge in [0.05, 0.1) is 17.7 Å². The Morgan fingerprint density at radius 2 is 1.94 bits per heavy atom. The Hall–Kier alpha value is -1.70. The van der Waals surface area contributed by atoms with E-state index in [1.807, 2.05) is 0 Å². The third-order valence-corrected chi connectivity index (χ3v) is 3.06.